The highest BCUT2D eigenvalue weighted by Crippen LogP contribution is 2.72. The molecule has 0 amide bonds. The molecule has 278 valence electrons. The van der Waals surface area contributed by atoms with E-state index in [4.69, 9.17) is 28.4 Å². The maximum Gasteiger partial charge on any atom is 0.348 e. The lowest BCUT2D eigenvalue weighted by Gasteiger charge is -2.67. The van der Waals surface area contributed by atoms with E-state index < -0.39 is 126 Å². The van der Waals surface area contributed by atoms with Crippen molar-refractivity contribution in [1.29, 1.82) is 0 Å². The summed E-state index contributed by atoms with van der Waals surface area (Å²) in [7, 11) is 1.06. The molecule has 3 aliphatic heterocycles. The Balaban J connectivity index is 1.47. The molecule has 5 fully saturated rings. The SMILES string of the molecule is COC(=O)C12OC[C@]34[C@H]([C@@H](O)[C@@H]1O)[C@@]1(C)C=C(OC5OC(CO)C(O)C(O)C5O)C(=O)[C@@H](C)[C@@H]1C[C@H]3OC(=O)[C@H](OC(=O)/C=C(\C)C(C)C)[C@@H]24. The number of hydrogen-bond acceptors (Lipinski definition) is 16. The van der Waals surface area contributed by atoms with Gasteiger partial charge in [0.25, 0.3) is 0 Å². The smallest absolute Gasteiger partial charge is 0.348 e. The fourth-order valence-electron chi connectivity index (χ4n) is 9.69. The summed E-state index contributed by atoms with van der Waals surface area (Å²) >= 11 is 0. The normalized spacial score (nSPS) is 48.2. The largest absolute Gasteiger partial charge is 0.467 e. The summed E-state index contributed by atoms with van der Waals surface area (Å²) in [6.07, 6.45) is -12.2. The second-order valence-corrected chi connectivity index (χ2v) is 15.1. The summed E-state index contributed by atoms with van der Waals surface area (Å²) in [6.45, 7) is 7.69. The van der Waals surface area contributed by atoms with Gasteiger partial charge in [-0.3, -0.25) is 4.79 Å². The lowest BCUT2D eigenvalue weighted by molar-refractivity contribution is -0.296. The minimum atomic E-state index is -2.34. The number of rotatable bonds is 7. The molecule has 0 radical (unpaired) electrons. The average Bonchev–Trinajstić information content (AvgIpc) is 3.38. The predicted molar refractivity (Wildman–Crippen MR) is 164 cm³/mol. The maximum atomic E-state index is 13.8. The first kappa shape index (κ1) is 36.8. The molecular weight excluding hydrogens is 664 g/mol. The molecule has 3 aliphatic carbocycles. The van der Waals surface area contributed by atoms with Crippen LogP contribution in [0.3, 0.4) is 0 Å². The molecular formula is C34H46O16. The highest BCUT2D eigenvalue weighted by atomic mass is 16.7. The van der Waals surface area contributed by atoms with Gasteiger partial charge in [0.15, 0.2) is 11.5 Å². The van der Waals surface area contributed by atoms with E-state index in [9.17, 15) is 49.8 Å². The van der Waals surface area contributed by atoms with Crippen LogP contribution in [0.2, 0.25) is 0 Å². The molecule has 3 heterocycles. The number of carbonyl (C=O) groups is 4. The molecule has 6 rings (SSSR count). The molecule has 0 aromatic carbocycles. The Morgan fingerprint density at radius 3 is 2.36 bits per heavy atom. The van der Waals surface area contributed by atoms with Crippen molar-refractivity contribution in [2.75, 3.05) is 20.3 Å². The van der Waals surface area contributed by atoms with Crippen LogP contribution < -0.4 is 0 Å². The lowest BCUT2D eigenvalue weighted by Crippen LogP contribution is -2.79. The van der Waals surface area contributed by atoms with Crippen molar-refractivity contribution in [1.82, 2.24) is 0 Å². The summed E-state index contributed by atoms with van der Waals surface area (Å²) in [5.41, 5.74) is -4.45. The number of carbonyl (C=O) groups excluding carboxylic acids is 4. The number of ketones is 1. The molecule has 6 N–H and O–H groups in total. The van der Waals surface area contributed by atoms with Crippen molar-refractivity contribution in [2.45, 2.75) is 102 Å². The Labute approximate surface area is 287 Å². The molecule has 2 bridgehead atoms. The van der Waals surface area contributed by atoms with E-state index in [-0.39, 0.29) is 24.7 Å². The maximum absolute atomic E-state index is 13.8. The quantitative estimate of drug-likeness (QED) is 0.0976. The van der Waals surface area contributed by atoms with Gasteiger partial charge in [-0.05, 0) is 36.7 Å². The van der Waals surface area contributed by atoms with Crippen LogP contribution in [0.4, 0.5) is 0 Å². The van der Waals surface area contributed by atoms with E-state index in [0.717, 1.165) is 7.11 Å². The summed E-state index contributed by atoms with van der Waals surface area (Å²) in [6, 6.07) is 0. The van der Waals surface area contributed by atoms with E-state index in [1.165, 1.54) is 12.2 Å². The first-order chi connectivity index (χ1) is 23.4. The van der Waals surface area contributed by atoms with E-state index in [0.29, 0.717) is 5.57 Å². The van der Waals surface area contributed by atoms with Crippen molar-refractivity contribution < 1.29 is 78.2 Å². The van der Waals surface area contributed by atoms with E-state index >= 15 is 0 Å². The molecule has 0 aromatic heterocycles. The number of esters is 3. The van der Waals surface area contributed by atoms with Crippen molar-refractivity contribution in [3.05, 3.63) is 23.5 Å². The molecule has 16 nitrogen and oxygen atoms in total. The van der Waals surface area contributed by atoms with Gasteiger partial charge < -0.3 is 59.1 Å². The van der Waals surface area contributed by atoms with Gasteiger partial charge in [-0.1, -0.05) is 33.3 Å². The number of allylic oxidation sites excluding steroid dienone is 3. The number of fused-ring (bicyclic) bond motifs is 2. The van der Waals surface area contributed by atoms with E-state index in [2.05, 4.69) is 0 Å². The van der Waals surface area contributed by atoms with Gasteiger partial charge in [-0.25, -0.2) is 14.4 Å². The van der Waals surface area contributed by atoms with Gasteiger partial charge in [0.05, 0.1) is 32.3 Å². The van der Waals surface area contributed by atoms with Crippen LogP contribution in [0.1, 0.15) is 41.0 Å². The topological polar surface area (TPSA) is 245 Å². The number of hydrogen-bond donors (Lipinski definition) is 6. The van der Waals surface area contributed by atoms with Crippen molar-refractivity contribution in [3.8, 4) is 0 Å². The Kier molecular flexibility index (Phi) is 9.29. The standard InChI is InChI=1S/C34H46O16/c1-12(2)13(3)7-19(36)50-25-27-33-11-46-34(27,31(44)45-6)28(42)24(41)26(33)32(5)9-16(20(37)14(4)15(32)8-18(33)49-29(25)43)47-30-23(40)22(39)21(38)17(10-35)48-30/h7,9,12,14-15,17-18,21-28,30,35,38-42H,8,10-11H2,1-6H3/b13-7+/t14-,15-,17?,18+,21?,22?,23?,24+,25+,26+,27+,28-,30?,32-,33+,34?/m0/s1. The molecule has 6 aliphatic rings. The van der Waals surface area contributed by atoms with Gasteiger partial charge >= 0.3 is 17.9 Å². The molecule has 2 saturated carbocycles. The third-order valence-electron chi connectivity index (χ3n) is 12.4. The van der Waals surface area contributed by atoms with Crippen LogP contribution >= 0.6 is 0 Å². The molecule has 16 heteroatoms. The third-order valence-corrected chi connectivity index (χ3v) is 12.4. The first-order valence-electron chi connectivity index (χ1n) is 16.8. The van der Waals surface area contributed by atoms with Crippen molar-refractivity contribution >= 4 is 23.7 Å². The van der Waals surface area contributed by atoms with Gasteiger partial charge in [0, 0.05) is 23.3 Å². The number of methoxy groups -OCH3 is 1. The Morgan fingerprint density at radius 1 is 1.06 bits per heavy atom. The Hall–Kier alpha value is -2.96. The molecule has 16 atom stereocenters. The first-order valence-corrected chi connectivity index (χ1v) is 16.8. The molecule has 50 heavy (non-hydrogen) atoms. The Bertz CT molecular complexity index is 1490. The molecule has 6 unspecified atom stereocenters. The zero-order chi connectivity index (χ0) is 36.8. The van der Waals surface area contributed by atoms with E-state index in [1.54, 1.807) is 20.8 Å². The number of aliphatic hydroxyl groups excluding tert-OH is 6. The minimum absolute atomic E-state index is 0.0294. The highest BCUT2D eigenvalue weighted by molar-refractivity contribution is 5.97. The monoisotopic (exact) mass is 710 g/mol. The number of ether oxygens (including phenoxy) is 6. The zero-order valence-electron chi connectivity index (χ0n) is 28.6. The fourth-order valence-corrected chi connectivity index (χ4v) is 9.69. The highest BCUT2D eigenvalue weighted by Gasteiger charge is 2.85. The second kappa shape index (κ2) is 12.6. The third kappa shape index (κ3) is 4.94. The van der Waals surface area contributed by atoms with Gasteiger partial charge in [0.1, 0.15) is 36.6 Å². The summed E-state index contributed by atoms with van der Waals surface area (Å²) < 4.78 is 34.4. The van der Waals surface area contributed by atoms with Crippen LogP contribution in [-0.2, 0) is 47.6 Å². The van der Waals surface area contributed by atoms with Crippen LogP contribution in [0, 0.1) is 40.4 Å². The van der Waals surface area contributed by atoms with Crippen LogP contribution in [0.15, 0.2) is 23.5 Å². The van der Waals surface area contributed by atoms with Gasteiger partial charge in [-0.15, -0.1) is 0 Å². The number of Topliss-reactive ketones (excluding diaryl/α,β-unsaturated/α-hetero) is 1. The molecule has 0 aromatic rings. The molecule has 3 saturated heterocycles. The lowest BCUT2D eigenvalue weighted by atomic mass is 9.38. The predicted octanol–water partition coefficient (Wildman–Crippen LogP) is -1.73. The van der Waals surface area contributed by atoms with E-state index in [1.807, 2.05) is 13.8 Å². The molecule has 1 spiro atoms. The van der Waals surface area contributed by atoms with Gasteiger partial charge in [-0.2, -0.15) is 0 Å². The van der Waals surface area contributed by atoms with Crippen LogP contribution in [0.5, 0.6) is 0 Å². The van der Waals surface area contributed by atoms with Gasteiger partial charge in [0.2, 0.25) is 18.0 Å². The fraction of sp³-hybridized carbons (Fsp3) is 0.765. The van der Waals surface area contributed by atoms with Crippen molar-refractivity contribution in [2.24, 2.45) is 40.4 Å². The van der Waals surface area contributed by atoms with Crippen LogP contribution in [-0.4, -0.2) is 135 Å². The minimum Gasteiger partial charge on any atom is -0.467 e. The average molecular weight is 711 g/mol. The zero-order valence-corrected chi connectivity index (χ0v) is 28.6. The summed E-state index contributed by atoms with van der Waals surface area (Å²) in [5.74, 6) is -7.88. The van der Waals surface area contributed by atoms with Crippen molar-refractivity contribution in [3.63, 3.8) is 0 Å². The second-order valence-electron chi connectivity index (χ2n) is 15.1. The number of aliphatic hydroxyl groups is 6. The van der Waals surface area contributed by atoms with Crippen LogP contribution in [0.25, 0.3) is 0 Å². The summed E-state index contributed by atoms with van der Waals surface area (Å²) in [5, 5.41) is 64.8. The summed E-state index contributed by atoms with van der Waals surface area (Å²) in [4.78, 5) is 54.5. The Morgan fingerprint density at radius 2 is 1.74 bits per heavy atom.